The van der Waals surface area contributed by atoms with Crippen LogP contribution >= 0.6 is 12.4 Å². The average Bonchev–Trinajstić information content (AvgIpc) is 2.63. The molecule has 27 heavy (non-hydrogen) atoms. The summed E-state index contributed by atoms with van der Waals surface area (Å²) in [6.07, 6.45) is 2.03. The number of halogens is 1. The molecule has 0 saturated carbocycles. The van der Waals surface area contributed by atoms with Crippen molar-refractivity contribution in [3.05, 3.63) is 65.2 Å². The lowest BCUT2D eigenvalue weighted by molar-refractivity contribution is 0.0930. The van der Waals surface area contributed by atoms with Gasteiger partial charge in [0.1, 0.15) is 0 Å². The molecule has 2 aromatic rings. The standard InChI is InChI=1S/C20H24N2O3S.ClH/c1-15-4-10-19(11-5-15)26(24,25)14-16-6-8-17(9-7-16)20(23)22-18-3-2-12-21-13-18;/h4-11,18,21H,2-3,12-14H2,1H3,(H,22,23);1H/t18-;/m0./s1. The summed E-state index contributed by atoms with van der Waals surface area (Å²) in [4.78, 5) is 12.6. The second-order valence-corrected chi connectivity index (χ2v) is 8.78. The van der Waals surface area contributed by atoms with Gasteiger partial charge in [0.2, 0.25) is 0 Å². The van der Waals surface area contributed by atoms with Crippen molar-refractivity contribution in [3.8, 4) is 0 Å². The molecule has 1 aliphatic rings. The molecule has 0 aliphatic carbocycles. The Morgan fingerprint density at radius 2 is 1.78 bits per heavy atom. The predicted molar refractivity (Wildman–Crippen MR) is 109 cm³/mol. The average molecular weight is 409 g/mol. The first-order valence-corrected chi connectivity index (χ1v) is 10.5. The van der Waals surface area contributed by atoms with Crippen molar-refractivity contribution >= 4 is 28.2 Å². The molecule has 1 amide bonds. The summed E-state index contributed by atoms with van der Waals surface area (Å²) in [6.45, 7) is 3.71. The minimum absolute atomic E-state index is 0. The van der Waals surface area contributed by atoms with Crippen molar-refractivity contribution in [2.75, 3.05) is 13.1 Å². The van der Waals surface area contributed by atoms with E-state index in [9.17, 15) is 13.2 Å². The van der Waals surface area contributed by atoms with E-state index in [0.717, 1.165) is 31.5 Å². The van der Waals surface area contributed by atoms with E-state index >= 15 is 0 Å². The van der Waals surface area contributed by atoms with Crippen molar-refractivity contribution in [2.24, 2.45) is 0 Å². The number of benzene rings is 2. The SMILES string of the molecule is Cc1ccc(S(=O)(=O)Cc2ccc(C(=O)N[C@H]3CCCNC3)cc2)cc1.Cl. The van der Waals surface area contributed by atoms with E-state index in [2.05, 4.69) is 10.6 Å². The number of carbonyl (C=O) groups is 1. The summed E-state index contributed by atoms with van der Waals surface area (Å²) >= 11 is 0. The normalized spacial score (nSPS) is 17.0. The Morgan fingerprint density at radius 1 is 1.11 bits per heavy atom. The minimum Gasteiger partial charge on any atom is -0.348 e. The largest absolute Gasteiger partial charge is 0.348 e. The van der Waals surface area contributed by atoms with E-state index in [1.54, 1.807) is 48.5 Å². The highest BCUT2D eigenvalue weighted by molar-refractivity contribution is 7.90. The fraction of sp³-hybridized carbons (Fsp3) is 0.350. The second kappa shape index (κ2) is 9.35. The Labute approximate surface area is 166 Å². The van der Waals surface area contributed by atoms with Crippen LogP contribution in [-0.2, 0) is 15.6 Å². The van der Waals surface area contributed by atoms with E-state index in [1.807, 2.05) is 6.92 Å². The molecule has 1 atom stereocenters. The zero-order valence-corrected chi connectivity index (χ0v) is 16.9. The number of nitrogens with one attached hydrogen (secondary N) is 2. The third kappa shape index (κ3) is 5.79. The molecule has 1 fully saturated rings. The van der Waals surface area contributed by atoms with Crippen LogP contribution in [0.2, 0.25) is 0 Å². The molecule has 5 nitrogen and oxygen atoms in total. The van der Waals surface area contributed by atoms with Crippen LogP contribution in [0.15, 0.2) is 53.4 Å². The van der Waals surface area contributed by atoms with Crippen LogP contribution in [0.3, 0.4) is 0 Å². The maximum absolute atomic E-state index is 12.5. The molecule has 0 aromatic heterocycles. The van der Waals surface area contributed by atoms with Crippen molar-refractivity contribution in [3.63, 3.8) is 0 Å². The fourth-order valence-corrected chi connectivity index (χ4v) is 4.39. The minimum atomic E-state index is -3.39. The summed E-state index contributed by atoms with van der Waals surface area (Å²) < 4.78 is 25.0. The Balaban J connectivity index is 0.00000261. The Hall–Kier alpha value is -1.89. The molecule has 1 aliphatic heterocycles. The number of hydrogen-bond acceptors (Lipinski definition) is 4. The van der Waals surface area contributed by atoms with Gasteiger partial charge in [-0.15, -0.1) is 12.4 Å². The third-order valence-electron chi connectivity index (χ3n) is 4.59. The van der Waals surface area contributed by atoms with E-state index in [0.29, 0.717) is 16.0 Å². The van der Waals surface area contributed by atoms with Crippen LogP contribution in [0.25, 0.3) is 0 Å². The second-order valence-electron chi connectivity index (χ2n) is 6.79. The van der Waals surface area contributed by atoms with Gasteiger partial charge in [-0.25, -0.2) is 8.42 Å². The molecule has 0 spiro atoms. The van der Waals surface area contributed by atoms with Crippen LogP contribution in [0.1, 0.15) is 34.3 Å². The Morgan fingerprint density at radius 3 is 2.37 bits per heavy atom. The van der Waals surface area contributed by atoms with Gasteiger partial charge in [-0.3, -0.25) is 4.79 Å². The molecule has 2 aromatic carbocycles. The first-order valence-electron chi connectivity index (χ1n) is 8.84. The lowest BCUT2D eigenvalue weighted by Crippen LogP contribution is -2.45. The van der Waals surface area contributed by atoms with E-state index in [-0.39, 0.29) is 30.1 Å². The highest BCUT2D eigenvalue weighted by Crippen LogP contribution is 2.17. The number of aryl methyl sites for hydroxylation is 1. The maximum Gasteiger partial charge on any atom is 0.251 e. The number of sulfone groups is 1. The van der Waals surface area contributed by atoms with Crippen molar-refractivity contribution in [1.29, 1.82) is 0 Å². The van der Waals surface area contributed by atoms with Crippen LogP contribution < -0.4 is 10.6 Å². The molecule has 1 heterocycles. The fourth-order valence-electron chi connectivity index (χ4n) is 3.04. The van der Waals surface area contributed by atoms with Crippen LogP contribution in [-0.4, -0.2) is 33.5 Å². The molecule has 0 unspecified atom stereocenters. The lowest BCUT2D eigenvalue weighted by atomic mass is 10.1. The van der Waals surface area contributed by atoms with Gasteiger partial charge in [0, 0.05) is 18.2 Å². The molecule has 0 bridgehead atoms. The zero-order chi connectivity index (χ0) is 18.6. The molecular formula is C20H25ClN2O3S. The highest BCUT2D eigenvalue weighted by atomic mass is 35.5. The summed E-state index contributed by atoms with van der Waals surface area (Å²) in [5, 5.41) is 6.28. The zero-order valence-electron chi connectivity index (χ0n) is 15.3. The molecule has 2 N–H and O–H groups in total. The number of hydrogen-bond donors (Lipinski definition) is 2. The summed E-state index contributed by atoms with van der Waals surface area (Å²) in [5.41, 5.74) is 2.24. The first kappa shape index (κ1) is 21.4. The van der Waals surface area contributed by atoms with Gasteiger partial charge >= 0.3 is 0 Å². The monoisotopic (exact) mass is 408 g/mol. The lowest BCUT2D eigenvalue weighted by Gasteiger charge is -2.23. The number of carbonyl (C=O) groups excluding carboxylic acids is 1. The quantitative estimate of drug-likeness (QED) is 0.797. The molecule has 3 rings (SSSR count). The van der Waals surface area contributed by atoms with Crippen LogP contribution in [0, 0.1) is 6.92 Å². The Bertz CT molecular complexity index is 859. The molecule has 1 saturated heterocycles. The van der Waals surface area contributed by atoms with Gasteiger partial charge < -0.3 is 10.6 Å². The summed E-state index contributed by atoms with van der Waals surface area (Å²) in [5.74, 6) is -0.198. The smallest absolute Gasteiger partial charge is 0.251 e. The van der Waals surface area contributed by atoms with Crippen molar-refractivity contribution < 1.29 is 13.2 Å². The van der Waals surface area contributed by atoms with E-state index in [4.69, 9.17) is 0 Å². The van der Waals surface area contributed by atoms with Crippen LogP contribution in [0.5, 0.6) is 0 Å². The van der Waals surface area contributed by atoms with Gasteiger partial charge in [0.25, 0.3) is 5.91 Å². The predicted octanol–water partition coefficient (Wildman–Crippen LogP) is 2.87. The van der Waals surface area contributed by atoms with E-state index < -0.39 is 9.84 Å². The number of piperidine rings is 1. The van der Waals surface area contributed by atoms with Gasteiger partial charge in [0.15, 0.2) is 9.84 Å². The van der Waals surface area contributed by atoms with E-state index in [1.165, 1.54) is 0 Å². The molecule has 146 valence electrons. The maximum atomic E-state index is 12.5. The van der Waals surface area contributed by atoms with Crippen molar-refractivity contribution in [2.45, 2.75) is 36.5 Å². The van der Waals surface area contributed by atoms with Gasteiger partial charge in [-0.1, -0.05) is 29.8 Å². The van der Waals surface area contributed by atoms with Gasteiger partial charge in [-0.05, 0) is 56.1 Å². The molecule has 7 heteroatoms. The topological polar surface area (TPSA) is 75.3 Å². The third-order valence-corrected chi connectivity index (χ3v) is 6.29. The first-order chi connectivity index (χ1) is 12.4. The molecular weight excluding hydrogens is 384 g/mol. The number of amides is 1. The summed E-state index contributed by atoms with van der Waals surface area (Å²) in [6, 6.07) is 13.8. The van der Waals surface area contributed by atoms with Gasteiger partial charge in [0.05, 0.1) is 10.6 Å². The van der Waals surface area contributed by atoms with Crippen molar-refractivity contribution in [1.82, 2.24) is 10.6 Å². The van der Waals surface area contributed by atoms with Crippen LogP contribution in [0.4, 0.5) is 0 Å². The van der Waals surface area contributed by atoms with Gasteiger partial charge in [-0.2, -0.15) is 0 Å². The summed E-state index contributed by atoms with van der Waals surface area (Å²) in [7, 11) is -3.39. The highest BCUT2D eigenvalue weighted by Gasteiger charge is 2.18. The number of rotatable bonds is 5. The Kier molecular flexibility index (Phi) is 7.41. The molecule has 0 radical (unpaired) electrons.